The molecule has 25 heavy (non-hydrogen) atoms. The summed E-state index contributed by atoms with van der Waals surface area (Å²) in [6.45, 7) is -0.344. The van der Waals surface area contributed by atoms with E-state index in [1.54, 1.807) is 36.4 Å². The molecule has 1 atom stereocenters. The van der Waals surface area contributed by atoms with Crippen molar-refractivity contribution in [2.75, 3.05) is 27.9 Å². The number of ketones is 1. The molecule has 0 aromatic heterocycles. The maximum atomic E-state index is 12.4. The highest BCUT2D eigenvalue weighted by atomic mass is 127. The van der Waals surface area contributed by atoms with Gasteiger partial charge < -0.3 is 18.9 Å². The minimum Gasteiger partial charge on any atom is -0.496 e. The molecule has 1 aromatic carbocycles. The molecule has 0 amide bonds. The zero-order valence-electron chi connectivity index (χ0n) is 14.2. The van der Waals surface area contributed by atoms with Crippen molar-refractivity contribution in [3.8, 4) is 0 Å². The van der Waals surface area contributed by atoms with Gasteiger partial charge in [-0.15, -0.1) is 0 Å². The number of Topliss-reactive ketones (excluding diaryl/α,β-unsaturated/α-hetero) is 1. The van der Waals surface area contributed by atoms with E-state index >= 15 is 0 Å². The van der Waals surface area contributed by atoms with Gasteiger partial charge in [-0.1, -0.05) is 52.9 Å². The number of ether oxygens (including phenoxy) is 4. The van der Waals surface area contributed by atoms with Gasteiger partial charge in [0.15, 0.2) is 12.4 Å². The van der Waals surface area contributed by atoms with Crippen LogP contribution in [0.5, 0.6) is 0 Å². The van der Waals surface area contributed by atoms with Gasteiger partial charge in [-0.2, -0.15) is 0 Å². The van der Waals surface area contributed by atoms with E-state index in [0.29, 0.717) is 5.56 Å². The van der Waals surface area contributed by atoms with E-state index in [0.717, 1.165) is 0 Å². The smallest absolute Gasteiger partial charge is 0.342 e. The van der Waals surface area contributed by atoms with Gasteiger partial charge in [-0.25, -0.2) is 4.79 Å². The Labute approximate surface area is 159 Å². The molecule has 0 spiro atoms. The zero-order valence-corrected chi connectivity index (χ0v) is 16.3. The topological polar surface area (TPSA) is 71.1 Å². The molecule has 1 aromatic rings. The van der Waals surface area contributed by atoms with Gasteiger partial charge >= 0.3 is 5.97 Å². The molecule has 1 aliphatic carbocycles. The Kier molecular flexibility index (Phi) is 6.74. The van der Waals surface area contributed by atoms with Gasteiger partial charge in [0.1, 0.15) is 5.76 Å². The Morgan fingerprint density at radius 1 is 1.12 bits per heavy atom. The molecule has 134 valence electrons. The molecule has 1 aliphatic rings. The summed E-state index contributed by atoms with van der Waals surface area (Å²) in [7, 11) is 4.45. The second kappa shape index (κ2) is 8.59. The molecular weight excluding hydrogens is 439 g/mol. The minimum absolute atomic E-state index is 0.229. The van der Waals surface area contributed by atoms with Crippen LogP contribution in [0.1, 0.15) is 10.4 Å². The second-order valence-electron chi connectivity index (χ2n) is 5.19. The standard InChI is InChI=1S/C18H19IO6/c1-22-15-10-18(23-2,24-3)16(19)9-13(15)17(21)25-11-14(20)12-7-5-4-6-8-12/h4-10,16H,11H2,1-3H3. The van der Waals surface area contributed by atoms with Crippen LogP contribution in [0.2, 0.25) is 0 Å². The van der Waals surface area contributed by atoms with Gasteiger partial charge in [0.05, 0.1) is 16.6 Å². The number of hydrogen-bond acceptors (Lipinski definition) is 6. The molecule has 2 rings (SSSR count). The average molecular weight is 458 g/mol. The van der Waals surface area contributed by atoms with Crippen LogP contribution in [0, 0.1) is 0 Å². The molecule has 0 bridgehead atoms. The Morgan fingerprint density at radius 2 is 1.76 bits per heavy atom. The van der Waals surface area contributed by atoms with Crippen LogP contribution in [0.3, 0.4) is 0 Å². The largest absolute Gasteiger partial charge is 0.496 e. The molecular formula is C18H19IO6. The summed E-state index contributed by atoms with van der Waals surface area (Å²) in [6.07, 6.45) is 3.22. The molecule has 1 unspecified atom stereocenters. The first-order chi connectivity index (χ1) is 12.0. The highest BCUT2D eigenvalue weighted by molar-refractivity contribution is 14.1. The van der Waals surface area contributed by atoms with Gasteiger partial charge in [-0.3, -0.25) is 4.79 Å². The van der Waals surface area contributed by atoms with E-state index in [1.807, 2.05) is 6.07 Å². The van der Waals surface area contributed by atoms with Crippen molar-refractivity contribution < 1.29 is 28.5 Å². The Morgan fingerprint density at radius 3 is 2.32 bits per heavy atom. The second-order valence-corrected chi connectivity index (χ2v) is 6.53. The summed E-state index contributed by atoms with van der Waals surface area (Å²) >= 11 is 2.10. The third-order valence-corrected chi connectivity index (χ3v) is 5.03. The van der Waals surface area contributed by atoms with Crippen LogP contribution in [0.25, 0.3) is 0 Å². The number of rotatable bonds is 7. The van der Waals surface area contributed by atoms with E-state index in [-0.39, 0.29) is 27.6 Å². The monoisotopic (exact) mass is 458 g/mol. The molecule has 0 heterocycles. The Bertz CT molecular complexity index is 691. The fourth-order valence-electron chi connectivity index (χ4n) is 2.36. The van der Waals surface area contributed by atoms with Gasteiger partial charge in [0.25, 0.3) is 0 Å². The first kappa shape index (κ1) is 19.6. The van der Waals surface area contributed by atoms with Gasteiger partial charge in [0.2, 0.25) is 5.79 Å². The number of halogens is 1. The molecule has 0 saturated heterocycles. The predicted octanol–water partition coefficient (Wildman–Crippen LogP) is 2.68. The summed E-state index contributed by atoms with van der Waals surface area (Å²) in [6, 6.07) is 8.65. The Hall–Kier alpha value is -1.71. The van der Waals surface area contributed by atoms with E-state index < -0.39 is 11.8 Å². The summed E-state index contributed by atoms with van der Waals surface area (Å²) in [4.78, 5) is 24.4. The third-order valence-electron chi connectivity index (χ3n) is 3.80. The summed E-state index contributed by atoms with van der Waals surface area (Å²) in [5, 5.41) is 0. The van der Waals surface area contributed by atoms with Crippen molar-refractivity contribution in [1.29, 1.82) is 0 Å². The van der Waals surface area contributed by atoms with Gasteiger partial charge in [-0.05, 0) is 6.08 Å². The number of hydrogen-bond donors (Lipinski definition) is 0. The lowest BCUT2D eigenvalue weighted by molar-refractivity contribution is -0.163. The normalized spacial score (nSPS) is 18.8. The lowest BCUT2D eigenvalue weighted by Crippen LogP contribution is -2.43. The van der Waals surface area contributed by atoms with Crippen LogP contribution in [0.4, 0.5) is 0 Å². The van der Waals surface area contributed by atoms with E-state index in [9.17, 15) is 9.59 Å². The van der Waals surface area contributed by atoms with Crippen LogP contribution < -0.4 is 0 Å². The maximum absolute atomic E-state index is 12.4. The summed E-state index contributed by atoms with van der Waals surface area (Å²) in [5.41, 5.74) is 0.715. The summed E-state index contributed by atoms with van der Waals surface area (Å²) < 4.78 is 21.0. The molecule has 0 radical (unpaired) electrons. The average Bonchev–Trinajstić information content (AvgIpc) is 2.66. The molecule has 7 heteroatoms. The van der Waals surface area contributed by atoms with Crippen molar-refractivity contribution in [2.24, 2.45) is 0 Å². The van der Waals surface area contributed by atoms with Crippen LogP contribution in [-0.4, -0.2) is 49.4 Å². The van der Waals surface area contributed by atoms with Gasteiger partial charge in [0, 0.05) is 25.9 Å². The molecule has 0 aliphatic heterocycles. The lowest BCUT2D eigenvalue weighted by atomic mass is 9.99. The van der Waals surface area contributed by atoms with Crippen molar-refractivity contribution in [2.45, 2.75) is 9.71 Å². The van der Waals surface area contributed by atoms with E-state index in [1.165, 1.54) is 21.3 Å². The van der Waals surface area contributed by atoms with E-state index in [2.05, 4.69) is 22.6 Å². The molecule has 0 fully saturated rings. The number of alkyl halides is 1. The predicted molar refractivity (Wildman–Crippen MR) is 99.5 cm³/mol. The van der Waals surface area contributed by atoms with Crippen LogP contribution in [0.15, 0.2) is 53.8 Å². The maximum Gasteiger partial charge on any atom is 0.342 e. The van der Waals surface area contributed by atoms with Crippen LogP contribution >= 0.6 is 22.6 Å². The molecule has 6 nitrogen and oxygen atoms in total. The highest BCUT2D eigenvalue weighted by Gasteiger charge is 2.41. The zero-order chi connectivity index (χ0) is 18.4. The highest BCUT2D eigenvalue weighted by Crippen LogP contribution is 2.35. The van der Waals surface area contributed by atoms with Crippen molar-refractivity contribution in [1.82, 2.24) is 0 Å². The lowest BCUT2D eigenvalue weighted by Gasteiger charge is -2.34. The van der Waals surface area contributed by atoms with E-state index in [4.69, 9.17) is 18.9 Å². The molecule has 0 saturated carbocycles. The van der Waals surface area contributed by atoms with Crippen molar-refractivity contribution >= 4 is 34.3 Å². The first-order valence-electron chi connectivity index (χ1n) is 7.46. The van der Waals surface area contributed by atoms with Crippen molar-refractivity contribution in [3.05, 3.63) is 59.4 Å². The quantitative estimate of drug-likeness (QED) is 0.206. The Balaban J connectivity index is 2.11. The number of esters is 1. The molecule has 0 N–H and O–H groups in total. The third kappa shape index (κ3) is 4.28. The SMILES string of the molecule is COC1=CC(OC)(OC)C(I)C=C1C(=O)OCC(=O)c1ccccc1. The number of carbonyl (C=O) groups excluding carboxylic acids is 2. The number of methoxy groups -OCH3 is 3. The van der Waals surface area contributed by atoms with Crippen LogP contribution in [-0.2, 0) is 23.7 Å². The fraction of sp³-hybridized carbons (Fsp3) is 0.333. The number of benzene rings is 1. The minimum atomic E-state index is -1.03. The number of carbonyl (C=O) groups is 2. The summed E-state index contributed by atoms with van der Waals surface area (Å²) in [5.74, 6) is -1.67. The van der Waals surface area contributed by atoms with Crippen molar-refractivity contribution in [3.63, 3.8) is 0 Å². The first-order valence-corrected chi connectivity index (χ1v) is 8.70. The fourth-order valence-corrected chi connectivity index (χ4v) is 3.41.